The van der Waals surface area contributed by atoms with Crippen LogP contribution >= 0.6 is 0 Å². The Morgan fingerprint density at radius 2 is 1.77 bits per heavy atom. The molecule has 1 saturated heterocycles. The summed E-state index contributed by atoms with van der Waals surface area (Å²) in [7, 11) is 0. The zero-order chi connectivity index (χ0) is 21.0. The van der Waals surface area contributed by atoms with Crippen LogP contribution in [0.1, 0.15) is 15.9 Å². The number of aromatic nitrogens is 4. The average molecular weight is 412 g/mol. The summed E-state index contributed by atoms with van der Waals surface area (Å²) < 4.78 is 2.04. The van der Waals surface area contributed by atoms with Crippen LogP contribution in [-0.4, -0.2) is 56.5 Å². The lowest BCUT2D eigenvalue weighted by Crippen LogP contribution is -2.48. The molecule has 4 heterocycles. The summed E-state index contributed by atoms with van der Waals surface area (Å²) in [5, 5.41) is 0. The number of carbonyl (C=O) groups excluding carboxylic acids is 1. The molecule has 0 N–H and O–H groups in total. The molecule has 1 aliphatic rings. The zero-order valence-electron chi connectivity index (χ0n) is 17.3. The fraction of sp³-hybridized carbons (Fsp3) is 0.250. The fourth-order valence-electron chi connectivity index (χ4n) is 4.01. The highest BCUT2D eigenvalue weighted by Crippen LogP contribution is 2.18. The van der Waals surface area contributed by atoms with Gasteiger partial charge in [-0.1, -0.05) is 30.3 Å². The first-order chi connectivity index (χ1) is 15.3. The van der Waals surface area contributed by atoms with Crippen molar-refractivity contribution in [2.45, 2.75) is 13.0 Å². The second-order valence-electron chi connectivity index (χ2n) is 7.73. The minimum atomic E-state index is 0.0130. The summed E-state index contributed by atoms with van der Waals surface area (Å²) in [6, 6.07) is 16.2. The number of anilines is 1. The number of fused-ring (bicyclic) bond motifs is 1. The number of aryl methyl sites for hydroxylation is 2. The van der Waals surface area contributed by atoms with Crippen molar-refractivity contribution < 1.29 is 4.79 Å². The van der Waals surface area contributed by atoms with Crippen LogP contribution < -0.4 is 4.90 Å². The monoisotopic (exact) mass is 412 g/mol. The molecule has 156 valence electrons. The molecule has 4 aromatic rings. The first kappa shape index (κ1) is 19.2. The average Bonchev–Trinajstić information content (AvgIpc) is 3.26. The van der Waals surface area contributed by atoms with Crippen molar-refractivity contribution in [3.63, 3.8) is 0 Å². The van der Waals surface area contributed by atoms with Crippen LogP contribution in [0.15, 0.2) is 73.4 Å². The number of amides is 1. The molecule has 7 nitrogen and oxygen atoms in total. The van der Waals surface area contributed by atoms with E-state index < -0.39 is 0 Å². The van der Waals surface area contributed by atoms with Gasteiger partial charge in [0.2, 0.25) is 0 Å². The van der Waals surface area contributed by atoms with Gasteiger partial charge in [0, 0.05) is 45.1 Å². The third-order valence-electron chi connectivity index (χ3n) is 5.76. The highest BCUT2D eigenvalue weighted by molar-refractivity contribution is 5.96. The van der Waals surface area contributed by atoms with E-state index in [-0.39, 0.29) is 5.91 Å². The molecule has 1 aliphatic heterocycles. The molecule has 7 heteroatoms. The summed E-state index contributed by atoms with van der Waals surface area (Å²) in [4.78, 5) is 30.4. The number of rotatable bonds is 5. The van der Waals surface area contributed by atoms with Gasteiger partial charge in [-0.05, 0) is 30.2 Å². The van der Waals surface area contributed by atoms with Gasteiger partial charge in [-0.3, -0.25) is 9.78 Å². The number of hydrogen-bond acceptors (Lipinski definition) is 5. The zero-order valence-corrected chi connectivity index (χ0v) is 17.3. The number of imidazole rings is 1. The highest BCUT2D eigenvalue weighted by Gasteiger charge is 2.23. The van der Waals surface area contributed by atoms with E-state index in [1.54, 1.807) is 12.4 Å². The first-order valence-corrected chi connectivity index (χ1v) is 10.6. The Morgan fingerprint density at radius 1 is 0.935 bits per heavy atom. The Bertz CT molecular complexity index is 1170. The summed E-state index contributed by atoms with van der Waals surface area (Å²) in [6.45, 7) is 3.74. The topological polar surface area (TPSA) is 67.2 Å². The number of pyridine rings is 2. The Morgan fingerprint density at radius 3 is 2.55 bits per heavy atom. The molecule has 0 atom stereocenters. The fourth-order valence-corrected chi connectivity index (χ4v) is 4.01. The third kappa shape index (κ3) is 4.12. The molecule has 0 bridgehead atoms. The van der Waals surface area contributed by atoms with E-state index in [0.29, 0.717) is 18.7 Å². The van der Waals surface area contributed by atoms with Gasteiger partial charge in [-0.25, -0.2) is 9.97 Å². The Kier molecular flexibility index (Phi) is 5.31. The Balaban J connectivity index is 1.25. The van der Waals surface area contributed by atoms with E-state index in [2.05, 4.69) is 38.1 Å². The maximum absolute atomic E-state index is 13.0. The smallest absolute Gasteiger partial charge is 0.255 e. The lowest BCUT2D eigenvalue weighted by atomic mass is 10.1. The molecule has 1 aromatic carbocycles. The number of nitrogens with zero attached hydrogens (tertiary/aromatic N) is 6. The summed E-state index contributed by atoms with van der Waals surface area (Å²) >= 11 is 0. The van der Waals surface area contributed by atoms with Crippen molar-refractivity contribution in [1.29, 1.82) is 0 Å². The first-order valence-electron chi connectivity index (χ1n) is 10.6. The van der Waals surface area contributed by atoms with Gasteiger partial charge in [0.15, 0.2) is 5.65 Å². The van der Waals surface area contributed by atoms with Gasteiger partial charge in [-0.15, -0.1) is 0 Å². The molecule has 3 aromatic heterocycles. The van der Waals surface area contributed by atoms with Crippen LogP contribution in [0.5, 0.6) is 0 Å². The maximum Gasteiger partial charge on any atom is 0.255 e. The van der Waals surface area contributed by atoms with Crippen molar-refractivity contribution in [2.24, 2.45) is 0 Å². The molecule has 0 saturated carbocycles. The van der Waals surface area contributed by atoms with Crippen molar-refractivity contribution >= 4 is 22.8 Å². The van der Waals surface area contributed by atoms with Crippen LogP contribution in [0.2, 0.25) is 0 Å². The Hall–Kier alpha value is -3.74. The molecule has 1 amide bonds. The van der Waals surface area contributed by atoms with Gasteiger partial charge in [0.1, 0.15) is 5.52 Å². The van der Waals surface area contributed by atoms with Crippen LogP contribution in [0.3, 0.4) is 0 Å². The van der Waals surface area contributed by atoms with Gasteiger partial charge in [0.05, 0.1) is 23.8 Å². The second kappa shape index (κ2) is 8.55. The summed E-state index contributed by atoms with van der Waals surface area (Å²) in [6.07, 6.45) is 8.04. The van der Waals surface area contributed by atoms with Gasteiger partial charge in [-0.2, -0.15) is 0 Å². The standard InChI is InChI=1S/C24H24N6O/c31-24(29-13-11-28(12-14-29)21-7-4-9-25-17-21)20-15-22-23(26-16-20)30(18-27-22)10-8-19-5-2-1-3-6-19/h1-7,9,15-18H,8,10-14H2. The minimum absolute atomic E-state index is 0.0130. The number of piperazine rings is 1. The third-order valence-corrected chi connectivity index (χ3v) is 5.76. The molecule has 31 heavy (non-hydrogen) atoms. The van der Waals surface area contributed by atoms with Crippen LogP contribution in [0.25, 0.3) is 11.2 Å². The lowest BCUT2D eigenvalue weighted by molar-refractivity contribution is 0.0746. The SMILES string of the molecule is O=C(c1cnc2c(c1)ncn2CCc1ccccc1)N1CCN(c2cccnc2)CC1. The van der Waals surface area contributed by atoms with Gasteiger partial charge >= 0.3 is 0 Å². The second-order valence-corrected chi connectivity index (χ2v) is 7.73. The van der Waals surface area contributed by atoms with Crippen molar-refractivity contribution in [3.8, 4) is 0 Å². The highest BCUT2D eigenvalue weighted by atomic mass is 16.2. The molecule has 5 rings (SSSR count). The van der Waals surface area contributed by atoms with Crippen LogP contribution in [0, 0.1) is 0 Å². The predicted molar refractivity (Wildman–Crippen MR) is 120 cm³/mol. The molecule has 0 radical (unpaired) electrons. The van der Waals surface area contributed by atoms with Crippen molar-refractivity contribution in [2.75, 3.05) is 31.1 Å². The molecular formula is C24H24N6O. The Labute approximate surface area is 181 Å². The molecule has 1 fully saturated rings. The van der Waals surface area contributed by atoms with Crippen molar-refractivity contribution in [3.05, 3.63) is 84.6 Å². The molecule has 0 unspecified atom stereocenters. The summed E-state index contributed by atoms with van der Waals surface area (Å²) in [5.74, 6) is 0.0130. The number of benzene rings is 1. The van der Waals surface area contributed by atoms with Gasteiger partial charge in [0.25, 0.3) is 5.91 Å². The van der Waals surface area contributed by atoms with E-state index in [1.165, 1.54) is 5.56 Å². The van der Waals surface area contributed by atoms with E-state index in [1.807, 2.05) is 52.3 Å². The van der Waals surface area contributed by atoms with E-state index in [4.69, 9.17) is 0 Å². The quantitative estimate of drug-likeness (QED) is 0.504. The maximum atomic E-state index is 13.0. The van der Waals surface area contributed by atoms with Gasteiger partial charge < -0.3 is 14.4 Å². The minimum Gasteiger partial charge on any atom is -0.367 e. The number of carbonyl (C=O) groups is 1. The largest absolute Gasteiger partial charge is 0.367 e. The van der Waals surface area contributed by atoms with E-state index in [0.717, 1.165) is 42.9 Å². The van der Waals surface area contributed by atoms with Crippen LogP contribution in [-0.2, 0) is 13.0 Å². The normalized spacial score (nSPS) is 14.2. The lowest BCUT2D eigenvalue weighted by Gasteiger charge is -2.35. The van der Waals surface area contributed by atoms with E-state index >= 15 is 0 Å². The summed E-state index contributed by atoms with van der Waals surface area (Å²) in [5.41, 5.74) is 4.54. The predicted octanol–water partition coefficient (Wildman–Crippen LogP) is 3.03. The van der Waals surface area contributed by atoms with Crippen molar-refractivity contribution in [1.82, 2.24) is 24.4 Å². The molecule has 0 aliphatic carbocycles. The molecule has 0 spiro atoms. The van der Waals surface area contributed by atoms with E-state index in [9.17, 15) is 4.79 Å². The van der Waals surface area contributed by atoms with Crippen LogP contribution in [0.4, 0.5) is 5.69 Å². The number of hydrogen-bond donors (Lipinski definition) is 0. The molecular weight excluding hydrogens is 388 g/mol.